The molecule has 36 heavy (non-hydrogen) atoms. The molecule has 4 rings (SSSR count). The number of pyridine rings is 1. The average Bonchev–Trinajstić information content (AvgIpc) is 3.32. The molecular formula is C24H24N4O7S. The number of amides is 2. The van der Waals surface area contributed by atoms with E-state index in [1.165, 1.54) is 0 Å². The van der Waals surface area contributed by atoms with Crippen LogP contribution >= 0.6 is 11.3 Å². The van der Waals surface area contributed by atoms with Gasteiger partial charge in [-0.05, 0) is 12.8 Å². The number of aromatic nitrogens is 2. The average molecular weight is 513 g/mol. The Balaban J connectivity index is 1.74. The summed E-state index contributed by atoms with van der Waals surface area (Å²) in [5, 5.41) is 37.0. The van der Waals surface area contributed by atoms with E-state index in [-0.39, 0.29) is 5.13 Å². The van der Waals surface area contributed by atoms with Crippen molar-refractivity contribution in [1.82, 2.24) is 14.9 Å². The first kappa shape index (κ1) is 24.9. The van der Waals surface area contributed by atoms with E-state index in [4.69, 9.17) is 5.11 Å². The lowest BCUT2D eigenvalue weighted by molar-refractivity contribution is -0.135. The highest BCUT2D eigenvalue weighted by atomic mass is 32.1. The monoisotopic (exact) mass is 512 g/mol. The molecule has 0 bridgehead atoms. The third-order valence-corrected chi connectivity index (χ3v) is 6.70. The Labute approximate surface area is 209 Å². The van der Waals surface area contributed by atoms with Crippen LogP contribution in [0, 0.1) is 0 Å². The number of anilines is 1. The molecule has 0 unspecified atom stereocenters. The molecular weight excluding hydrogens is 488 g/mol. The third-order valence-electron chi connectivity index (χ3n) is 5.95. The number of aliphatic carboxylic acids is 1. The van der Waals surface area contributed by atoms with Gasteiger partial charge in [-0.15, -0.1) is 11.3 Å². The van der Waals surface area contributed by atoms with E-state index in [0.717, 1.165) is 40.7 Å². The van der Waals surface area contributed by atoms with Gasteiger partial charge < -0.3 is 20.6 Å². The van der Waals surface area contributed by atoms with Gasteiger partial charge in [0.15, 0.2) is 10.9 Å². The van der Waals surface area contributed by atoms with Crippen LogP contribution in [0.1, 0.15) is 58.9 Å². The number of carboxylic acid groups (broad SMARTS) is 1. The van der Waals surface area contributed by atoms with Crippen molar-refractivity contribution in [3.05, 3.63) is 57.2 Å². The minimum atomic E-state index is -1.36. The zero-order valence-corrected chi connectivity index (χ0v) is 19.9. The molecule has 1 saturated carbocycles. The summed E-state index contributed by atoms with van der Waals surface area (Å²) in [6.07, 6.45) is 3.56. The lowest BCUT2D eigenvalue weighted by Gasteiger charge is -2.26. The minimum absolute atomic E-state index is 0.171. The molecule has 0 spiro atoms. The van der Waals surface area contributed by atoms with Crippen molar-refractivity contribution in [3.63, 3.8) is 0 Å². The van der Waals surface area contributed by atoms with Crippen molar-refractivity contribution in [2.45, 2.75) is 38.1 Å². The van der Waals surface area contributed by atoms with E-state index in [2.05, 4.69) is 10.3 Å². The van der Waals surface area contributed by atoms with Crippen molar-refractivity contribution in [2.75, 3.05) is 11.9 Å². The van der Waals surface area contributed by atoms with E-state index in [1.54, 1.807) is 5.38 Å². The van der Waals surface area contributed by atoms with Crippen LogP contribution in [0.3, 0.4) is 0 Å². The standard InChI is InChI=1S/C24H24N4O7S/c29-16(30)11-25-20(32)17-19(31)18(23(35)28(22(17)34)14-9-5-2-6-10-14)21(33)27-24-26-15(12-36-24)13-7-3-1-4-8-13/h1,3-4,7-8,12,14,31,35H,2,5-6,9-11H2,(H,25,32)(H,29,30)(H,26,27,33). The third kappa shape index (κ3) is 5.08. The maximum atomic E-state index is 13.2. The Hall–Kier alpha value is -4.19. The molecule has 0 atom stereocenters. The van der Waals surface area contributed by atoms with Crippen molar-refractivity contribution in [2.24, 2.45) is 0 Å². The second-order valence-corrected chi connectivity index (χ2v) is 9.18. The molecule has 0 aliphatic heterocycles. The van der Waals surface area contributed by atoms with Crippen LogP contribution in [0.2, 0.25) is 0 Å². The first-order valence-electron chi connectivity index (χ1n) is 11.3. The summed E-state index contributed by atoms with van der Waals surface area (Å²) in [5.41, 5.74) is -1.06. The molecule has 2 amide bonds. The van der Waals surface area contributed by atoms with Gasteiger partial charge in [0.25, 0.3) is 17.4 Å². The molecule has 188 valence electrons. The topological polar surface area (TPSA) is 171 Å². The fourth-order valence-electron chi connectivity index (χ4n) is 4.24. The largest absolute Gasteiger partial charge is 0.506 e. The Bertz CT molecular complexity index is 1360. The number of nitrogens with zero attached hydrogens (tertiary/aromatic N) is 2. The van der Waals surface area contributed by atoms with E-state index in [0.29, 0.717) is 18.5 Å². The van der Waals surface area contributed by atoms with Crippen LogP contribution in [0.5, 0.6) is 11.6 Å². The van der Waals surface area contributed by atoms with Gasteiger partial charge in [0, 0.05) is 17.0 Å². The molecule has 0 radical (unpaired) electrons. The molecule has 1 aromatic carbocycles. The number of carboxylic acids is 1. The first-order valence-corrected chi connectivity index (χ1v) is 12.2. The van der Waals surface area contributed by atoms with Crippen LogP contribution in [0.4, 0.5) is 5.13 Å². The van der Waals surface area contributed by atoms with E-state index < -0.39 is 58.7 Å². The first-order chi connectivity index (χ1) is 17.3. The zero-order valence-electron chi connectivity index (χ0n) is 19.1. The SMILES string of the molecule is O=C(O)CNC(=O)c1c(O)c(C(=O)Nc2nc(-c3ccccc3)cs2)c(O)n(C2CCCCC2)c1=O. The number of hydrogen-bond acceptors (Lipinski definition) is 8. The molecule has 1 aliphatic rings. The van der Waals surface area contributed by atoms with E-state index >= 15 is 0 Å². The number of carbonyl (C=O) groups is 3. The van der Waals surface area contributed by atoms with Crippen molar-refractivity contribution < 1.29 is 29.7 Å². The Morgan fingerprint density at radius 1 is 1.03 bits per heavy atom. The van der Waals surface area contributed by atoms with Gasteiger partial charge >= 0.3 is 5.97 Å². The maximum absolute atomic E-state index is 13.2. The van der Waals surface area contributed by atoms with Gasteiger partial charge in [0.1, 0.15) is 17.7 Å². The summed E-state index contributed by atoms with van der Waals surface area (Å²) in [4.78, 5) is 54.3. The lowest BCUT2D eigenvalue weighted by atomic mass is 9.94. The second kappa shape index (κ2) is 10.6. The molecule has 0 saturated heterocycles. The summed E-state index contributed by atoms with van der Waals surface area (Å²) < 4.78 is 0.945. The molecule has 12 heteroatoms. The zero-order chi connectivity index (χ0) is 25.8. The van der Waals surface area contributed by atoms with Crippen LogP contribution in [0.15, 0.2) is 40.5 Å². The normalized spacial score (nSPS) is 13.8. The summed E-state index contributed by atoms with van der Waals surface area (Å²) in [6, 6.07) is 8.74. The van der Waals surface area contributed by atoms with Gasteiger partial charge in [0.05, 0.1) is 5.69 Å². The minimum Gasteiger partial charge on any atom is -0.506 e. The molecule has 5 N–H and O–H groups in total. The van der Waals surface area contributed by atoms with Crippen molar-refractivity contribution in [1.29, 1.82) is 0 Å². The predicted molar refractivity (Wildman–Crippen MR) is 132 cm³/mol. The molecule has 1 fully saturated rings. The van der Waals surface area contributed by atoms with Crippen molar-refractivity contribution in [3.8, 4) is 22.9 Å². The highest BCUT2D eigenvalue weighted by molar-refractivity contribution is 7.14. The number of nitrogens with one attached hydrogen (secondary N) is 2. The Morgan fingerprint density at radius 2 is 1.72 bits per heavy atom. The fraction of sp³-hybridized carbons (Fsp3) is 0.292. The Kier molecular flexibility index (Phi) is 7.34. The molecule has 2 aromatic heterocycles. The number of thiazole rings is 1. The Morgan fingerprint density at radius 3 is 2.39 bits per heavy atom. The van der Waals surface area contributed by atoms with E-state index in [9.17, 15) is 29.4 Å². The van der Waals surface area contributed by atoms with Gasteiger partial charge in [0.2, 0.25) is 5.88 Å². The maximum Gasteiger partial charge on any atom is 0.322 e. The van der Waals surface area contributed by atoms with Crippen LogP contribution in [-0.2, 0) is 4.79 Å². The molecule has 2 heterocycles. The van der Waals surface area contributed by atoms with Crippen LogP contribution in [0.25, 0.3) is 11.3 Å². The number of hydrogen-bond donors (Lipinski definition) is 5. The van der Waals surface area contributed by atoms with Crippen LogP contribution in [-0.4, -0.2) is 49.2 Å². The van der Waals surface area contributed by atoms with Crippen LogP contribution < -0.4 is 16.2 Å². The van der Waals surface area contributed by atoms with Gasteiger partial charge in [-0.1, -0.05) is 49.6 Å². The molecule has 1 aliphatic carbocycles. The summed E-state index contributed by atoms with van der Waals surface area (Å²) in [5.74, 6) is -5.30. The number of aromatic hydroxyl groups is 2. The highest BCUT2D eigenvalue weighted by Gasteiger charge is 2.33. The summed E-state index contributed by atoms with van der Waals surface area (Å²) in [6.45, 7) is -0.801. The number of rotatable bonds is 7. The van der Waals surface area contributed by atoms with E-state index in [1.807, 2.05) is 35.6 Å². The second-order valence-electron chi connectivity index (χ2n) is 8.32. The lowest BCUT2D eigenvalue weighted by Crippen LogP contribution is -2.38. The smallest absolute Gasteiger partial charge is 0.322 e. The van der Waals surface area contributed by atoms with Gasteiger partial charge in [-0.2, -0.15) is 0 Å². The highest BCUT2D eigenvalue weighted by Crippen LogP contribution is 2.36. The molecule has 11 nitrogen and oxygen atoms in total. The quantitative estimate of drug-likeness (QED) is 0.322. The van der Waals surface area contributed by atoms with Gasteiger partial charge in [-0.25, -0.2) is 4.98 Å². The van der Waals surface area contributed by atoms with Gasteiger partial charge in [-0.3, -0.25) is 29.1 Å². The predicted octanol–water partition coefficient (Wildman–Crippen LogP) is 2.95. The van der Waals surface area contributed by atoms with Crippen molar-refractivity contribution >= 4 is 34.3 Å². The summed E-state index contributed by atoms with van der Waals surface area (Å²) >= 11 is 1.12. The number of benzene rings is 1. The summed E-state index contributed by atoms with van der Waals surface area (Å²) in [7, 11) is 0. The number of carbonyl (C=O) groups excluding carboxylic acids is 2. The molecule has 3 aromatic rings. The fourth-order valence-corrected chi connectivity index (χ4v) is 4.95.